The van der Waals surface area contributed by atoms with E-state index in [1.807, 2.05) is 22.8 Å². The van der Waals surface area contributed by atoms with Crippen LogP contribution in [0.15, 0.2) is 41.6 Å². The highest BCUT2D eigenvalue weighted by atomic mass is 35.5. The topological polar surface area (TPSA) is 61.9 Å². The Balaban J connectivity index is 2.00. The molecule has 0 bridgehead atoms. The van der Waals surface area contributed by atoms with Crippen molar-refractivity contribution in [3.8, 4) is 17.1 Å². The van der Waals surface area contributed by atoms with E-state index in [1.54, 1.807) is 44.2 Å². The number of pyridine rings is 2. The highest BCUT2D eigenvalue weighted by molar-refractivity contribution is 6.29. The van der Waals surface area contributed by atoms with Crippen molar-refractivity contribution in [1.29, 1.82) is 0 Å². The van der Waals surface area contributed by atoms with E-state index in [0.717, 1.165) is 11.3 Å². The largest absolute Gasteiger partial charge is 0.495 e. The predicted molar refractivity (Wildman–Crippen MR) is 92.5 cm³/mol. The highest BCUT2D eigenvalue weighted by Gasteiger charge is 2.12. The fourth-order valence-electron chi connectivity index (χ4n) is 2.53. The molecule has 0 saturated heterocycles. The van der Waals surface area contributed by atoms with Crippen LogP contribution in [0.4, 0.5) is 0 Å². The number of halogens is 1. The summed E-state index contributed by atoms with van der Waals surface area (Å²) >= 11 is 6.10. The third kappa shape index (κ3) is 3.19. The normalized spacial score (nSPS) is 10.8. The smallest absolute Gasteiger partial charge is 0.253 e. The van der Waals surface area contributed by atoms with Crippen molar-refractivity contribution in [2.45, 2.75) is 13.5 Å². The molecule has 0 spiro atoms. The molecule has 3 heterocycles. The lowest BCUT2D eigenvalue weighted by Gasteiger charge is -2.10. The molecule has 0 N–H and O–H groups in total. The Labute approximate surface area is 144 Å². The van der Waals surface area contributed by atoms with Gasteiger partial charge in [-0.05, 0) is 25.1 Å². The van der Waals surface area contributed by atoms with Gasteiger partial charge in [0.25, 0.3) is 5.56 Å². The van der Waals surface area contributed by atoms with Gasteiger partial charge >= 0.3 is 0 Å². The van der Waals surface area contributed by atoms with Crippen LogP contribution in [0.25, 0.3) is 11.4 Å². The highest BCUT2D eigenvalue weighted by Crippen LogP contribution is 2.22. The van der Waals surface area contributed by atoms with Crippen LogP contribution in [0, 0.1) is 6.92 Å². The maximum absolute atomic E-state index is 11.9. The van der Waals surface area contributed by atoms with Crippen LogP contribution in [-0.2, 0) is 13.6 Å². The van der Waals surface area contributed by atoms with Crippen molar-refractivity contribution in [2.24, 2.45) is 7.05 Å². The van der Waals surface area contributed by atoms with Gasteiger partial charge in [0.05, 0.1) is 25.5 Å². The standard InChI is InChI=1S/C17H17ClN4O2/c1-11-6-12(8-21(2)17(11)23)16-20-15(18)10-22(16)9-13-4-5-14(24-3)7-19-13/h4-8,10H,9H2,1-3H3. The van der Waals surface area contributed by atoms with E-state index in [9.17, 15) is 4.79 Å². The van der Waals surface area contributed by atoms with Crippen molar-refractivity contribution < 1.29 is 4.74 Å². The van der Waals surface area contributed by atoms with Gasteiger partial charge in [0.1, 0.15) is 16.7 Å². The molecular formula is C17H17ClN4O2. The second-order valence-corrected chi connectivity index (χ2v) is 5.92. The quantitative estimate of drug-likeness (QED) is 0.730. The molecule has 0 aliphatic heterocycles. The Morgan fingerprint density at radius 2 is 2.08 bits per heavy atom. The Morgan fingerprint density at radius 1 is 1.29 bits per heavy atom. The maximum Gasteiger partial charge on any atom is 0.253 e. The number of nitrogens with zero attached hydrogens (tertiary/aromatic N) is 4. The monoisotopic (exact) mass is 344 g/mol. The first-order valence-electron chi connectivity index (χ1n) is 7.37. The molecule has 3 aromatic heterocycles. The van der Waals surface area contributed by atoms with Crippen molar-refractivity contribution >= 4 is 11.6 Å². The van der Waals surface area contributed by atoms with Crippen LogP contribution in [0.3, 0.4) is 0 Å². The van der Waals surface area contributed by atoms with E-state index in [-0.39, 0.29) is 5.56 Å². The molecule has 7 heteroatoms. The fraction of sp³-hybridized carbons (Fsp3) is 0.235. The Hall–Kier alpha value is -2.60. The van der Waals surface area contributed by atoms with E-state index >= 15 is 0 Å². The van der Waals surface area contributed by atoms with Crippen molar-refractivity contribution in [1.82, 2.24) is 19.1 Å². The molecule has 6 nitrogen and oxygen atoms in total. The summed E-state index contributed by atoms with van der Waals surface area (Å²) in [6.07, 6.45) is 5.18. The van der Waals surface area contributed by atoms with Gasteiger partial charge in [-0.15, -0.1) is 0 Å². The molecule has 0 aromatic carbocycles. The molecule has 24 heavy (non-hydrogen) atoms. The second-order valence-electron chi connectivity index (χ2n) is 5.53. The zero-order chi connectivity index (χ0) is 17.3. The SMILES string of the molecule is COc1ccc(Cn2cc(Cl)nc2-c2cc(C)c(=O)n(C)c2)nc1. The van der Waals surface area contributed by atoms with E-state index in [0.29, 0.717) is 28.8 Å². The molecule has 3 rings (SSSR count). The minimum Gasteiger partial charge on any atom is -0.495 e. The minimum absolute atomic E-state index is 0.0280. The first-order valence-corrected chi connectivity index (χ1v) is 7.75. The van der Waals surface area contributed by atoms with E-state index < -0.39 is 0 Å². The summed E-state index contributed by atoms with van der Waals surface area (Å²) in [7, 11) is 3.32. The Kier molecular flexibility index (Phi) is 4.40. The number of imidazole rings is 1. The molecule has 0 aliphatic rings. The lowest BCUT2D eigenvalue weighted by Crippen LogP contribution is -2.18. The van der Waals surface area contributed by atoms with Crippen LogP contribution in [0.2, 0.25) is 5.15 Å². The third-order valence-electron chi connectivity index (χ3n) is 3.73. The molecule has 0 atom stereocenters. The lowest BCUT2D eigenvalue weighted by molar-refractivity contribution is 0.412. The fourth-order valence-corrected chi connectivity index (χ4v) is 2.73. The van der Waals surface area contributed by atoms with Crippen molar-refractivity contribution in [2.75, 3.05) is 7.11 Å². The second kappa shape index (κ2) is 6.49. The Morgan fingerprint density at radius 3 is 2.71 bits per heavy atom. The molecular weight excluding hydrogens is 328 g/mol. The predicted octanol–water partition coefficient (Wildman–Crippen LogP) is 2.66. The zero-order valence-electron chi connectivity index (χ0n) is 13.7. The molecule has 0 saturated carbocycles. The van der Waals surface area contributed by atoms with E-state index in [1.165, 1.54) is 0 Å². The van der Waals surface area contributed by atoms with Gasteiger partial charge in [-0.1, -0.05) is 11.6 Å². The molecule has 3 aromatic rings. The van der Waals surface area contributed by atoms with Crippen LogP contribution >= 0.6 is 11.6 Å². The number of hydrogen-bond acceptors (Lipinski definition) is 4. The molecule has 0 aliphatic carbocycles. The first-order chi connectivity index (χ1) is 11.5. The van der Waals surface area contributed by atoms with E-state index in [4.69, 9.17) is 16.3 Å². The summed E-state index contributed by atoms with van der Waals surface area (Å²) in [5, 5.41) is 0.394. The van der Waals surface area contributed by atoms with E-state index in [2.05, 4.69) is 9.97 Å². The molecule has 124 valence electrons. The van der Waals surface area contributed by atoms with Crippen molar-refractivity contribution in [3.63, 3.8) is 0 Å². The average Bonchev–Trinajstić information content (AvgIpc) is 2.93. The summed E-state index contributed by atoms with van der Waals surface area (Å²) in [5.41, 5.74) is 2.31. The van der Waals surface area contributed by atoms with Gasteiger partial charge < -0.3 is 13.9 Å². The minimum atomic E-state index is -0.0280. The summed E-state index contributed by atoms with van der Waals surface area (Å²) in [5.74, 6) is 1.40. The molecule has 0 radical (unpaired) electrons. The van der Waals surface area contributed by atoms with Gasteiger partial charge in [-0.3, -0.25) is 9.78 Å². The van der Waals surface area contributed by atoms with Gasteiger partial charge in [-0.2, -0.15) is 0 Å². The molecule has 0 amide bonds. The average molecular weight is 345 g/mol. The number of aromatic nitrogens is 4. The van der Waals surface area contributed by atoms with Crippen LogP contribution < -0.4 is 10.3 Å². The maximum atomic E-state index is 11.9. The summed E-state index contributed by atoms with van der Waals surface area (Å²) in [6.45, 7) is 2.30. The summed E-state index contributed by atoms with van der Waals surface area (Å²) < 4.78 is 8.58. The van der Waals surface area contributed by atoms with Gasteiger partial charge in [-0.25, -0.2) is 4.98 Å². The number of rotatable bonds is 4. The van der Waals surface area contributed by atoms with Crippen LogP contribution in [0.1, 0.15) is 11.3 Å². The van der Waals surface area contributed by atoms with Gasteiger partial charge in [0.15, 0.2) is 0 Å². The van der Waals surface area contributed by atoms with Crippen LogP contribution in [0.5, 0.6) is 5.75 Å². The molecule has 0 unspecified atom stereocenters. The first kappa shape index (κ1) is 16.3. The Bertz CT molecular complexity index is 903. The zero-order valence-corrected chi connectivity index (χ0v) is 14.4. The molecule has 0 fully saturated rings. The number of methoxy groups -OCH3 is 1. The lowest BCUT2D eigenvalue weighted by atomic mass is 10.2. The number of hydrogen-bond donors (Lipinski definition) is 0. The van der Waals surface area contributed by atoms with Gasteiger partial charge in [0.2, 0.25) is 0 Å². The third-order valence-corrected chi connectivity index (χ3v) is 3.92. The van der Waals surface area contributed by atoms with Crippen molar-refractivity contribution in [3.05, 3.63) is 63.6 Å². The number of ether oxygens (including phenoxy) is 1. The van der Waals surface area contributed by atoms with Crippen LogP contribution in [-0.4, -0.2) is 26.2 Å². The summed E-state index contributed by atoms with van der Waals surface area (Å²) in [6, 6.07) is 5.57. The summed E-state index contributed by atoms with van der Waals surface area (Å²) in [4.78, 5) is 20.6. The van der Waals surface area contributed by atoms with Gasteiger partial charge in [0, 0.05) is 30.6 Å². The number of aryl methyl sites for hydroxylation is 2.